The van der Waals surface area contributed by atoms with E-state index in [-0.39, 0.29) is 0 Å². The molecule has 1 aromatic rings. The second kappa shape index (κ2) is 5.20. The normalized spacial score (nSPS) is 17.0. The van der Waals surface area contributed by atoms with Crippen LogP contribution in [0, 0.1) is 0 Å². The highest BCUT2D eigenvalue weighted by atomic mass is 32.1. The molecule has 1 fully saturated rings. The van der Waals surface area contributed by atoms with Gasteiger partial charge in [-0.05, 0) is 12.1 Å². The van der Waals surface area contributed by atoms with Gasteiger partial charge in [0.15, 0.2) is 5.82 Å². The number of hydrogen-bond acceptors (Lipinski definition) is 5. The van der Waals surface area contributed by atoms with E-state index in [0.29, 0.717) is 10.8 Å². The van der Waals surface area contributed by atoms with Crippen molar-refractivity contribution in [1.29, 1.82) is 0 Å². The first-order valence-corrected chi connectivity index (χ1v) is 5.52. The van der Waals surface area contributed by atoms with E-state index in [4.69, 9.17) is 22.7 Å². The van der Waals surface area contributed by atoms with E-state index in [1.165, 1.54) is 0 Å². The van der Waals surface area contributed by atoms with Crippen LogP contribution in [-0.4, -0.2) is 41.3 Å². The molecule has 0 atom stereocenters. The summed E-state index contributed by atoms with van der Waals surface area (Å²) in [6, 6.07) is 3.68. The Balaban J connectivity index is 2.10. The lowest BCUT2D eigenvalue weighted by atomic mass is 10.2. The molecule has 86 valence electrons. The van der Waals surface area contributed by atoms with Gasteiger partial charge in [0.1, 0.15) is 4.99 Å². The standard InChI is InChI=1S/C10H14N4OS/c11-9(16)8-2-1-3-12-10(8)13-14-4-6-15-7-5-14/h1-3H,4-7H2,(H2,11,16)(H,12,13). The molecule has 0 aromatic carbocycles. The van der Waals surface area contributed by atoms with Gasteiger partial charge in [-0.1, -0.05) is 12.2 Å². The Bertz CT molecular complexity index is 379. The summed E-state index contributed by atoms with van der Waals surface area (Å²) in [5.74, 6) is 0.705. The molecule has 5 nitrogen and oxygen atoms in total. The summed E-state index contributed by atoms with van der Waals surface area (Å²) in [5.41, 5.74) is 9.60. The molecule has 2 rings (SSSR count). The largest absolute Gasteiger partial charge is 0.389 e. The molecular weight excluding hydrogens is 224 g/mol. The van der Waals surface area contributed by atoms with Gasteiger partial charge in [0.25, 0.3) is 0 Å². The van der Waals surface area contributed by atoms with E-state index < -0.39 is 0 Å². The third-order valence-corrected chi connectivity index (χ3v) is 2.57. The van der Waals surface area contributed by atoms with Crippen LogP contribution >= 0.6 is 12.2 Å². The van der Waals surface area contributed by atoms with E-state index >= 15 is 0 Å². The number of nitrogens with zero attached hydrogens (tertiary/aromatic N) is 2. The van der Waals surface area contributed by atoms with E-state index in [0.717, 1.165) is 31.9 Å². The number of hydrazine groups is 1. The third kappa shape index (κ3) is 2.66. The number of rotatable bonds is 3. The minimum atomic E-state index is 0.351. The topological polar surface area (TPSA) is 63.4 Å². The number of nitrogens with one attached hydrogen (secondary N) is 1. The van der Waals surface area contributed by atoms with E-state index in [1.54, 1.807) is 6.20 Å². The Morgan fingerprint density at radius 2 is 2.25 bits per heavy atom. The van der Waals surface area contributed by atoms with Gasteiger partial charge in [0.2, 0.25) is 0 Å². The molecule has 6 heteroatoms. The number of hydrogen-bond donors (Lipinski definition) is 2. The summed E-state index contributed by atoms with van der Waals surface area (Å²) < 4.78 is 5.26. The molecule has 0 unspecified atom stereocenters. The Morgan fingerprint density at radius 1 is 1.50 bits per heavy atom. The van der Waals surface area contributed by atoms with Gasteiger partial charge in [-0.2, -0.15) is 0 Å². The van der Waals surface area contributed by atoms with Crippen LogP contribution in [0.25, 0.3) is 0 Å². The molecule has 2 heterocycles. The molecule has 16 heavy (non-hydrogen) atoms. The smallest absolute Gasteiger partial charge is 0.150 e. The summed E-state index contributed by atoms with van der Waals surface area (Å²) in [7, 11) is 0. The fraction of sp³-hybridized carbons (Fsp3) is 0.400. The number of aromatic nitrogens is 1. The highest BCUT2D eigenvalue weighted by Gasteiger charge is 2.13. The van der Waals surface area contributed by atoms with Crippen LogP contribution in [0.4, 0.5) is 5.82 Å². The van der Waals surface area contributed by atoms with E-state index in [2.05, 4.69) is 10.4 Å². The maximum Gasteiger partial charge on any atom is 0.150 e. The van der Waals surface area contributed by atoms with Crippen LogP contribution in [0.5, 0.6) is 0 Å². The lowest BCUT2D eigenvalue weighted by Gasteiger charge is -2.28. The second-order valence-corrected chi connectivity index (χ2v) is 3.91. The predicted molar refractivity (Wildman–Crippen MR) is 66.1 cm³/mol. The zero-order valence-electron chi connectivity index (χ0n) is 8.85. The number of thiocarbonyl (C=S) groups is 1. The number of anilines is 1. The molecule has 3 N–H and O–H groups in total. The monoisotopic (exact) mass is 238 g/mol. The van der Waals surface area contributed by atoms with Gasteiger partial charge in [-0.3, -0.25) is 0 Å². The average Bonchev–Trinajstić information content (AvgIpc) is 2.31. The Morgan fingerprint density at radius 3 is 2.94 bits per heavy atom. The average molecular weight is 238 g/mol. The molecule has 0 saturated carbocycles. The Labute approximate surface area is 99.6 Å². The summed E-state index contributed by atoms with van der Waals surface area (Å²) >= 11 is 4.97. The van der Waals surface area contributed by atoms with Crippen molar-refractivity contribution in [1.82, 2.24) is 9.99 Å². The van der Waals surface area contributed by atoms with Crippen LogP contribution in [0.15, 0.2) is 18.3 Å². The predicted octanol–water partition coefficient (Wildman–Crippen LogP) is 0.375. The minimum absolute atomic E-state index is 0.351. The first-order valence-electron chi connectivity index (χ1n) is 5.11. The number of morpholine rings is 1. The van der Waals surface area contributed by atoms with Gasteiger partial charge in [-0.15, -0.1) is 0 Å². The maximum absolute atomic E-state index is 5.63. The van der Waals surface area contributed by atoms with E-state index in [1.807, 2.05) is 17.1 Å². The first kappa shape index (κ1) is 11.3. The summed E-state index contributed by atoms with van der Waals surface area (Å²) in [5, 5.41) is 2.05. The molecular formula is C10H14N4OS. The van der Waals surface area contributed by atoms with Gasteiger partial charge in [0, 0.05) is 19.3 Å². The Kier molecular flexibility index (Phi) is 3.66. The number of pyridine rings is 1. The van der Waals surface area contributed by atoms with Crippen molar-refractivity contribution >= 4 is 23.0 Å². The molecule has 1 aromatic heterocycles. The molecule has 1 saturated heterocycles. The van der Waals surface area contributed by atoms with Crippen LogP contribution in [0.1, 0.15) is 5.56 Å². The van der Waals surface area contributed by atoms with Crippen LogP contribution in [0.3, 0.4) is 0 Å². The van der Waals surface area contributed by atoms with E-state index in [9.17, 15) is 0 Å². The van der Waals surface area contributed by atoms with Crippen molar-refractivity contribution in [2.75, 3.05) is 31.7 Å². The summed E-state index contributed by atoms with van der Waals surface area (Å²) in [6.45, 7) is 3.10. The van der Waals surface area contributed by atoms with Crippen molar-refractivity contribution in [2.45, 2.75) is 0 Å². The van der Waals surface area contributed by atoms with Crippen molar-refractivity contribution < 1.29 is 4.74 Å². The summed E-state index contributed by atoms with van der Waals surface area (Å²) in [6.07, 6.45) is 1.71. The molecule has 0 bridgehead atoms. The number of nitrogens with two attached hydrogens (primary N) is 1. The van der Waals surface area contributed by atoms with Gasteiger partial charge in [-0.25, -0.2) is 9.99 Å². The third-order valence-electron chi connectivity index (χ3n) is 2.35. The Hall–Kier alpha value is -1.24. The van der Waals surface area contributed by atoms with Crippen LogP contribution < -0.4 is 11.2 Å². The lowest BCUT2D eigenvalue weighted by Crippen LogP contribution is -2.41. The highest BCUT2D eigenvalue weighted by molar-refractivity contribution is 7.80. The maximum atomic E-state index is 5.63. The van der Waals surface area contributed by atoms with Gasteiger partial charge < -0.3 is 15.9 Å². The fourth-order valence-corrected chi connectivity index (χ4v) is 1.68. The quantitative estimate of drug-likeness (QED) is 0.742. The summed E-state index contributed by atoms with van der Waals surface area (Å²) in [4.78, 5) is 4.58. The lowest BCUT2D eigenvalue weighted by molar-refractivity contribution is 0.0495. The van der Waals surface area contributed by atoms with Gasteiger partial charge in [0.05, 0.1) is 18.8 Å². The minimum Gasteiger partial charge on any atom is -0.389 e. The fourth-order valence-electron chi connectivity index (χ4n) is 1.52. The molecule has 0 aliphatic carbocycles. The van der Waals surface area contributed by atoms with Crippen molar-refractivity contribution in [3.63, 3.8) is 0 Å². The molecule has 1 aliphatic rings. The molecule has 0 spiro atoms. The van der Waals surface area contributed by atoms with Crippen LogP contribution in [-0.2, 0) is 4.74 Å². The van der Waals surface area contributed by atoms with Crippen molar-refractivity contribution in [3.05, 3.63) is 23.9 Å². The number of ether oxygens (including phenoxy) is 1. The zero-order chi connectivity index (χ0) is 11.4. The zero-order valence-corrected chi connectivity index (χ0v) is 9.67. The van der Waals surface area contributed by atoms with Crippen molar-refractivity contribution in [2.24, 2.45) is 5.73 Å². The molecule has 0 amide bonds. The molecule has 1 aliphatic heterocycles. The van der Waals surface area contributed by atoms with Gasteiger partial charge >= 0.3 is 0 Å². The highest BCUT2D eigenvalue weighted by Crippen LogP contribution is 2.12. The SMILES string of the molecule is NC(=S)c1cccnc1NN1CCOCC1. The second-order valence-electron chi connectivity index (χ2n) is 3.48. The first-order chi connectivity index (χ1) is 7.77. The van der Waals surface area contributed by atoms with Crippen molar-refractivity contribution in [3.8, 4) is 0 Å². The molecule has 0 radical (unpaired) electrons. The van der Waals surface area contributed by atoms with Crippen LogP contribution in [0.2, 0.25) is 0 Å².